The first-order chi connectivity index (χ1) is 32.3. The van der Waals surface area contributed by atoms with Gasteiger partial charge in [-0.3, -0.25) is 0 Å². The molecule has 65 heavy (non-hydrogen) atoms. The molecule has 0 radical (unpaired) electrons. The molecule has 0 spiro atoms. The van der Waals surface area contributed by atoms with E-state index in [1.165, 1.54) is 88.6 Å². The third kappa shape index (κ3) is 5.67. The molecule has 304 valence electrons. The van der Waals surface area contributed by atoms with Crippen molar-refractivity contribution in [2.24, 2.45) is 0 Å². The second-order valence-corrected chi connectivity index (χ2v) is 17.2. The van der Waals surface area contributed by atoms with Gasteiger partial charge in [-0.05, 0) is 133 Å². The molecular formula is C63H42N2. The van der Waals surface area contributed by atoms with Crippen molar-refractivity contribution in [1.29, 1.82) is 0 Å². The van der Waals surface area contributed by atoms with Crippen LogP contribution in [0.2, 0.25) is 0 Å². The molecule has 2 aliphatic rings. The topological polar surface area (TPSA) is 6.48 Å². The lowest BCUT2D eigenvalue weighted by atomic mass is 9.67. The molecule has 0 aromatic heterocycles. The van der Waals surface area contributed by atoms with E-state index in [1.807, 2.05) is 0 Å². The quantitative estimate of drug-likeness (QED) is 0.158. The fraction of sp³-hybridized carbons (Fsp3) is 0.0159. The highest BCUT2D eigenvalue weighted by atomic mass is 15.2. The SMILES string of the molecule is c1ccc(-c2cc3c4c(cccc4c2)-c2c(ccc4ccccc24)N3c2ccc(N(c3ccccc3)c3ccc4c(c3)C(c3ccccc3)(c3ccccc3)c3ccccc3-4)cc2)cc1. The number of hydrogen-bond acceptors (Lipinski definition) is 2. The van der Waals surface area contributed by atoms with E-state index in [2.05, 4.69) is 265 Å². The maximum absolute atomic E-state index is 2.49. The molecule has 0 atom stereocenters. The van der Waals surface area contributed by atoms with Gasteiger partial charge in [0.25, 0.3) is 0 Å². The van der Waals surface area contributed by atoms with E-state index in [1.54, 1.807) is 0 Å². The van der Waals surface area contributed by atoms with Crippen molar-refractivity contribution in [2.75, 3.05) is 9.80 Å². The van der Waals surface area contributed by atoms with Gasteiger partial charge in [-0.1, -0.05) is 188 Å². The summed E-state index contributed by atoms with van der Waals surface area (Å²) in [5, 5.41) is 5.00. The monoisotopic (exact) mass is 826 g/mol. The Morgan fingerprint density at radius 1 is 0.338 bits per heavy atom. The smallest absolute Gasteiger partial charge is 0.0714 e. The van der Waals surface area contributed by atoms with Gasteiger partial charge >= 0.3 is 0 Å². The summed E-state index contributed by atoms with van der Waals surface area (Å²) in [4.78, 5) is 4.90. The third-order valence-corrected chi connectivity index (χ3v) is 13.8. The van der Waals surface area contributed by atoms with Crippen LogP contribution in [0.15, 0.2) is 255 Å². The Morgan fingerprint density at radius 3 is 1.68 bits per heavy atom. The fourth-order valence-corrected chi connectivity index (χ4v) is 11.1. The molecule has 1 aliphatic carbocycles. The lowest BCUT2D eigenvalue weighted by Crippen LogP contribution is -2.28. The van der Waals surface area contributed by atoms with Crippen molar-refractivity contribution in [1.82, 2.24) is 0 Å². The molecule has 0 saturated heterocycles. The van der Waals surface area contributed by atoms with Crippen molar-refractivity contribution in [3.63, 3.8) is 0 Å². The normalized spacial score (nSPS) is 13.0. The summed E-state index contributed by atoms with van der Waals surface area (Å²) in [6, 6.07) is 93.8. The standard InChI is InChI=1S/C63H42N2/c1-5-18-43(19-6-1)46-40-45-21-17-30-56-61(45)60(41-46)65(59-39-32-44-20-13-14-28-53(44)62(56)59)51-35-33-50(34-36-51)64(49-26-11-4-12-27-49)52-37-38-55-54-29-15-16-31-57(54)63(58(55)42-52,47-22-7-2-8-23-47)48-24-9-3-10-25-48/h1-42H. The van der Waals surface area contributed by atoms with Crippen molar-refractivity contribution in [2.45, 2.75) is 5.41 Å². The molecule has 0 unspecified atom stereocenters. The van der Waals surface area contributed by atoms with Crippen LogP contribution >= 0.6 is 0 Å². The van der Waals surface area contributed by atoms with E-state index in [4.69, 9.17) is 0 Å². The highest BCUT2D eigenvalue weighted by Gasteiger charge is 2.46. The van der Waals surface area contributed by atoms with Crippen LogP contribution < -0.4 is 9.80 Å². The van der Waals surface area contributed by atoms with Crippen molar-refractivity contribution >= 4 is 55.7 Å². The van der Waals surface area contributed by atoms with Crippen LogP contribution in [0, 0.1) is 0 Å². The lowest BCUT2D eigenvalue weighted by molar-refractivity contribution is 0.768. The number of anilines is 6. The summed E-state index contributed by atoms with van der Waals surface area (Å²) in [5.41, 5.74) is 18.8. The molecule has 13 rings (SSSR count). The Balaban J connectivity index is 1.00. The minimum absolute atomic E-state index is 0.502. The Hall–Kier alpha value is -8.46. The van der Waals surface area contributed by atoms with E-state index in [0.29, 0.717) is 0 Å². The predicted molar refractivity (Wildman–Crippen MR) is 273 cm³/mol. The van der Waals surface area contributed by atoms with Gasteiger partial charge in [0, 0.05) is 33.7 Å². The molecule has 0 amide bonds. The summed E-state index contributed by atoms with van der Waals surface area (Å²) in [7, 11) is 0. The van der Waals surface area contributed by atoms with Gasteiger partial charge < -0.3 is 9.80 Å². The Bertz CT molecular complexity index is 3540. The van der Waals surface area contributed by atoms with E-state index in [9.17, 15) is 0 Å². The first kappa shape index (κ1) is 37.1. The number of nitrogens with zero attached hydrogens (tertiary/aromatic N) is 2. The highest BCUT2D eigenvalue weighted by Crippen LogP contribution is 2.58. The van der Waals surface area contributed by atoms with E-state index >= 15 is 0 Å². The molecule has 11 aromatic rings. The van der Waals surface area contributed by atoms with Gasteiger partial charge in [0.1, 0.15) is 0 Å². The van der Waals surface area contributed by atoms with Crippen LogP contribution in [-0.4, -0.2) is 0 Å². The Kier molecular flexibility index (Phi) is 8.47. The van der Waals surface area contributed by atoms with Crippen LogP contribution in [0.1, 0.15) is 22.3 Å². The van der Waals surface area contributed by atoms with Gasteiger partial charge in [-0.25, -0.2) is 0 Å². The summed E-state index contributed by atoms with van der Waals surface area (Å²) in [6.07, 6.45) is 0. The molecule has 2 nitrogen and oxygen atoms in total. The Labute approximate surface area is 379 Å². The number of benzene rings is 11. The lowest BCUT2D eigenvalue weighted by Gasteiger charge is -2.35. The second-order valence-electron chi connectivity index (χ2n) is 17.2. The van der Waals surface area contributed by atoms with Gasteiger partial charge in [0.05, 0.1) is 16.8 Å². The minimum atomic E-state index is -0.502. The minimum Gasteiger partial charge on any atom is -0.310 e. The van der Waals surface area contributed by atoms with Gasteiger partial charge in [0.15, 0.2) is 0 Å². The molecule has 2 heteroatoms. The van der Waals surface area contributed by atoms with Gasteiger partial charge in [-0.2, -0.15) is 0 Å². The summed E-state index contributed by atoms with van der Waals surface area (Å²) in [5.74, 6) is 0. The summed E-state index contributed by atoms with van der Waals surface area (Å²) in [6.45, 7) is 0. The largest absolute Gasteiger partial charge is 0.310 e. The van der Waals surface area contributed by atoms with Crippen LogP contribution in [0.4, 0.5) is 34.1 Å². The van der Waals surface area contributed by atoms with Crippen LogP contribution in [0.5, 0.6) is 0 Å². The Morgan fingerprint density at radius 2 is 0.923 bits per heavy atom. The molecule has 11 aromatic carbocycles. The second kappa shape index (κ2) is 14.8. The van der Waals surface area contributed by atoms with Crippen LogP contribution in [-0.2, 0) is 5.41 Å². The van der Waals surface area contributed by atoms with E-state index in [-0.39, 0.29) is 0 Å². The average Bonchev–Trinajstić information content (AvgIpc) is 3.68. The third-order valence-electron chi connectivity index (χ3n) is 13.8. The maximum atomic E-state index is 2.49. The number of fused-ring (bicyclic) bond motifs is 7. The molecule has 0 bridgehead atoms. The molecule has 0 fully saturated rings. The van der Waals surface area contributed by atoms with Crippen molar-refractivity contribution in [3.05, 3.63) is 277 Å². The fourth-order valence-electron chi connectivity index (χ4n) is 11.1. The van der Waals surface area contributed by atoms with Crippen LogP contribution in [0.25, 0.3) is 54.9 Å². The van der Waals surface area contributed by atoms with Crippen LogP contribution in [0.3, 0.4) is 0 Å². The first-order valence-electron chi connectivity index (χ1n) is 22.5. The summed E-state index contributed by atoms with van der Waals surface area (Å²) >= 11 is 0. The first-order valence-corrected chi connectivity index (χ1v) is 22.5. The summed E-state index contributed by atoms with van der Waals surface area (Å²) < 4.78 is 0. The molecule has 1 heterocycles. The van der Waals surface area contributed by atoms with Gasteiger partial charge in [-0.15, -0.1) is 0 Å². The number of hydrogen-bond donors (Lipinski definition) is 0. The highest BCUT2D eigenvalue weighted by molar-refractivity contribution is 6.20. The van der Waals surface area contributed by atoms with E-state index < -0.39 is 5.41 Å². The average molecular weight is 827 g/mol. The maximum Gasteiger partial charge on any atom is 0.0714 e. The molecule has 0 saturated carbocycles. The number of para-hydroxylation sites is 1. The predicted octanol–water partition coefficient (Wildman–Crippen LogP) is 16.9. The molecule has 0 N–H and O–H groups in total. The van der Waals surface area contributed by atoms with E-state index in [0.717, 1.165) is 22.7 Å². The zero-order valence-corrected chi connectivity index (χ0v) is 35.6. The molecule has 1 aliphatic heterocycles. The zero-order chi connectivity index (χ0) is 42.9. The van der Waals surface area contributed by atoms with Gasteiger partial charge in [0.2, 0.25) is 0 Å². The molecular weight excluding hydrogens is 785 g/mol. The van der Waals surface area contributed by atoms with Crippen molar-refractivity contribution < 1.29 is 0 Å². The zero-order valence-electron chi connectivity index (χ0n) is 35.6. The van der Waals surface area contributed by atoms with Crippen molar-refractivity contribution in [3.8, 4) is 33.4 Å². The number of rotatable bonds is 7.